The minimum absolute atomic E-state index is 0.0377. The SMILES string of the molecule is CN1C(=O)C(=Cc2ccccc2OCc2ccc([N+](=O)[O-])cc2)SC1=S. The molecule has 1 amide bonds. The fourth-order valence-electron chi connectivity index (χ4n) is 2.29. The van der Waals surface area contributed by atoms with Gasteiger partial charge in [-0.05, 0) is 29.8 Å². The van der Waals surface area contributed by atoms with Crippen LogP contribution in [0.15, 0.2) is 53.4 Å². The first-order valence-electron chi connectivity index (χ1n) is 7.62. The molecule has 132 valence electrons. The Labute approximate surface area is 159 Å². The lowest BCUT2D eigenvalue weighted by Gasteiger charge is -2.09. The lowest BCUT2D eigenvalue weighted by molar-refractivity contribution is -0.384. The largest absolute Gasteiger partial charge is 0.488 e. The molecular formula is C18H14N2O4S2. The highest BCUT2D eigenvalue weighted by atomic mass is 32.2. The van der Waals surface area contributed by atoms with Crippen molar-refractivity contribution in [1.29, 1.82) is 0 Å². The van der Waals surface area contributed by atoms with Gasteiger partial charge in [0.25, 0.3) is 11.6 Å². The van der Waals surface area contributed by atoms with Crippen LogP contribution >= 0.6 is 24.0 Å². The molecule has 1 aliphatic rings. The molecule has 1 saturated heterocycles. The van der Waals surface area contributed by atoms with Gasteiger partial charge in [0.15, 0.2) is 0 Å². The quantitative estimate of drug-likeness (QED) is 0.335. The zero-order valence-corrected chi connectivity index (χ0v) is 15.4. The van der Waals surface area contributed by atoms with Crippen LogP contribution in [0.2, 0.25) is 0 Å². The Morgan fingerprint density at radius 2 is 1.92 bits per heavy atom. The summed E-state index contributed by atoms with van der Waals surface area (Å²) in [6, 6.07) is 13.6. The molecule has 0 aromatic heterocycles. The Balaban J connectivity index is 1.76. The van der Waals surface area contributed by atoms with Crippen LogP contribution in [-0.2, 0) is 11.4 Å². The average Bonchev–Trinajstić information content (AvgIpc) is 2.88. The molecule has 1 aliphatic heterocycles. The van der Waals surface area contributed by atoms with Crippen LogP contribution in [0.25, 0.3) is 6.08 Å². The second-order valence-corrected chi connectivity index (χ2v) is 7.17. The molecule has 26 heavy (non-hydrogen) atoms. The summed E-state index contributed by atoms with van der Waals surface area (Å²) in [7, 11) is 1.65. The zero-order valence-electron chi connectivity index (χ0n) is 13.7. The summed E-state index contributed by atoms with van der Waals surface area (Å²) in [6.07, 6.45) is 1.76. The second kappa shape index (κ2) is 7.67. The van der Waals surface area contributed by atoms with Gasteiger partial charge in [0.05, 0.1) is 9.83 Å². The van der Waals surface area contributed by atoms with Gasteiger partial charge >= 0.3 is 0 Å². The highest BCUT2D eigenvalue weighted by Crippen LogP contribution is 2.33. The number of thiocarbonyl (C=S) groups is 1. The van der Waals surface area contributed by atoms with Crippen LogP contribution < -0.4 is 4.74 Å². The Hall–Kier alpha value is -2.71. The number of rotatable bonds is 5. The van der Waals surface area contributed by atoms with Gasteiger partial charge in [0.1, 0.15) is 16.7 Å². The minimum Gasteiger partial charge on any atom is -0.488 e. The number of para-hydroxylation sites is 1. The summed E-state index contributed by atoms with van der Waals surface area (Å²) in [4.78, 5) is 24.4. The van der Waals surface area contributed by atoms with E-state index in [0.29, 0.717) is 15.0 Å². The number of ether oxygens (including phenoxy) is 1. The van der Waals surface area contributed by atoms with E-state index in [1.165, 1.54) is 28.8 Å². The second-order valence-electron chi connectivity index (χ2n) is 5.49. The van der Waals surface area contributed by atoms with Gasteiger partial charge < -0.3 is 4.74 Å². The van der Waals surface area contributed by atoms with E-state index in [1.807, 2.05) is 24.3 Å². The standard InChI is InChI=1S/C18H14N2O4S2/c1-19-17(21)16(26-18(19)25)10-13-4-2-3-5-15(13)24-11-12-6-8-14(9-7-12)20(22)23/h2-10H,11H2,1H3. The molecule has 1 heterocycles. The first kappa shape index (κ1) is 18.1. The minimum atomic E-state index is -0.441. The van der Waals surface area contributed by atoms with Crippen LogP contribution in [0.3, 0.4) is 0 Å². The van der Waals surface area contributed by atoms with Gasteiger partial charge in [-0.3, -0.25) is 19.8 Å². The van der Waals surface area contributed by atoms with Gasteiger partial charge in [-0.15, -0.1) is 0 Å². The van der Waals surface area contributed by atoms with Gasteiger partial charge in [-0.1, -0.05) is 42.2 Å². The Kier molecular flexibility index (Phi) is 5.34. The lowest BCUT2D eigenvalue weighted by atomic mass is 10.1. The molecule has 1 fully saturated rings. The van der Waals surface area contributed by atoms with Crippen LogP contribution in [-0.4, -0.2) is 27.1 Å². The molecule has 2 aromatic carbocycles. The number of hydrogen-bond acceptors (Lipinski definition) is 6. The molecule has 0 radical (unpaired) electrons. The third-order valence-electron chi connectivity index (χ3n) is 3.73. The number of carbonyl (C=O) groups is 1. The molecule has 6 nitrogen and oxygen atoms in total. The summed E-state index contributed by atoms with van der Waals surface area (Å²) in [5.74, 6) is 0.484. The number of likely N-dealkylation sites (N-methyl/N-ethyl adjacent to an activating group) is 1. The van der Waals surface area contributed by atoms with E-state index in [0.717, 1.165) is 11.1 Å². The Bertz CT molecular complexity index is 910. The third-order valence-corrected chi connectivity index (χ3v) is 5.22. The fraction of sp³-hybridized carbons (Fsp3) is 0.111. The number of thioether (sulfide) groups is 1. The number of carbonyl (C=O) groups excluding carboxylic acids is 1. The summed E-state index contributed by atoms with van der Waals surface area (Å²) < 4.78 is 6.36. The molecule has 0 unspecified atom stereocenters. The predicted octanol–water partition coefficient (Wildman–Crippen LogP) is 4.00. The molecule has 0 N–H and O–H groups in total. The van der Waals surface area contributed by atoms with E-state index in [4.69, 9.17) is 17.0 Å². The van der Waals surface area contributed by atoms with E-state index in [1.54, 1.807) is 25.3 Å². The van der Waals surface area contributed by atoms with Crippen molar-refractivity contribution in [3.05, 3.63) is 74.7 Å². The number of nitrogens with zero attached hydrogens (tertiary/aromatic N) is 2. The first-order chi connectivity index (χ1) is 12.5. The molecular weight excluding hydrogens is 372 g/mol. The lowest BCUT2D eigenvalue weighted by Crippen LogP contribution is -2.22. The van der Waals surface area contributed by atoms with Crippen LogP contribution in [0.4, 0.5) is 5.69 Å². The van der Waals surface area contributed by atoms with E-state index in [2.05, 4.69) is 0 Å². The molecule has 2 aromatic rings. The highest BCUT2D eigenvalue weighted by molar-refractivity contribution is 8.26. The number of nitro benzene ring substituents is 1. The third kappa shape index (κ3) is 3.92. The maximum absolute atomic E-state index is 12.2. The maximum Gasteiger partial charge on any atom is 0.269 e. The van der Waals surface area contributed by atoms with Crippen molar-refractivity contribution in [3.63, 3.8) is 0 Å². The first-order valence-corrected chi connectivity index (χ1v) is 8.85. The molecule has 8 heteroatoms. The van der Waals surface area contributed by atoms with E-state index < -0.39 is 4.92 Å². The van der Waals surface area contributed by atoms with E-state index in [-0.39, 0.29) is 18.2 Å². The number of non-ortho nitro benzene ring substituents is 1. The highest BCUT2D eigenvalue weighted by Gasteiger charge is 2.28. The van der Waals surface area contributed by atoms with Crippen molar-refractivity contribution in [2.24, 2.45) is 0 Å². The molecule has 0 aliphatic carbocycles. The average molecular weight is 386 g/mol. The van der Waals surface area contributed by atoms with Crippen LogP contribution in [0.5, 0.6) is 5.75 Å². The van der Waals surface area contributed by atoms with E-state index >= 15 is 0 Å². The topological polar surface area (TPSA) is 72.7 Å². The van der Waals surface area contributed by atoms with E-state index in [9.17, 15) is 14.9 Å². The number of nitro groups is 1. The number of hydrogen-bond donors (Lipinski definition) is 0. The molecule has 0 spiro atoms. The summed E-state index contributed by atoms with van der Waals surface area (Å²) in [5, 5.41) is 10.7. The van der Waals surface area contributed by atoms with Crippen molar-refractivity contribution in [2.45, 2.75) is 6.61 Å². The number of benzene rings is 2. The van der Waals surface area contributed by atoms with Gasteiger partial charge in [-0.2, -0.15) is 0 Å². The Morgan fingerprint density at radius 1 is 1.23 bits per heavy atom. The fourth-order valence-corrected chi connectivity index (χ4v) is 3.46. The summed E-state index contributed by atoms with van der Waals surface area (Å²) >= 11 is 6.39. The van der Waals surface area contributed by atoms with Crippen molar-refractivity contribution in [3.8, 4) is 5.75 Å². The maximum atomic E-state index is 12.2. The monoisotopic (exact) mass is 386 g/mol. The Morgan fingerprint density at radius 3 is 2.54 bits per heavy atom. The van der Waals surface area contributed by atoms with Gasteiger partial charge in [-0.25, -0.2) is 0 Å². The summed E-state index contributed by atoms with van der Waals surface area (Å²) in [6.45, 7) is 0.261. The van der Waals surface area contributed by atoms with Crippen molar-refractivity contribution < 1.29 is 14.5 Å². The molecule has 0 saturated carbocycles. The van der Waals surface area contributed by atoms with Crippen molar-refractivity contribution >= 4 is 46.0 Å². The van der Waals surface area contributed by atoms with Crippen molar-refractivity contribution in [2.75, 3.05) is 7.05 Å². The number of amides is 1. The van der Waals surface area contributed by atoms with Gasteiger partial charge in [0.2, 0.25) is 0 Å². The molecule has 0 bridgehead atoms. The zero-order chi connectivity index (χ0) is 18.7. The molecule has 3 rings (SSSR count). The predicted molar refractivity (Wildman–Crippen MR) is 105 cm³/mol. The van der Waals surface area contributed by atoms with Gasteiger partial charge in [0, 0.05) is 24.7 Å². The van der Waals surface area contributed by atoms with Crippen LogP contribution in [0, 0.1) is 10.1 Å². The van der Waals surface area contributed by atoms with Crippen molar-refractivity contribution in [1.82, 2.24) is 4.90 Å². The molecule has 0 atom stereocenters. The summed E-state index contributed by atoms with van der Waals surface area (Å²) in [5.41, 5.74) is 1.62. The smallest absolute Gasteiger partial charge is 0.269 e. The van der Waals surface area contributed by atoms with Crippen LogP contribution in [0.1, 0.15) is 11.1 Å². The normalized spacial score (nSPS) is 15.6.